The fourth-order valence-electron chi connectivity index (χ4n) is 4.04. The third-order valence-corrected chi connectivity index (χ3v) is 7.18. The molecule has 150 valence electrons. The van der Waals surface area contributed by atoms with E-state index in [9.17, 15) is 9.90 Å². The van der Waals surface area contributed by atoms with Crippen molar-refractivity contribution >= 4 is 29.5 Å². The molecule has 1 amide bonds. The van der Waals surface area contributed by atoms with Crippen LogP contribution in [0.25, 0.3) is 0 Å². The number of carbonyl (C=O) groups excluding carboxylic acids is 1. The van der Waals surface area contributed by atoms with Crippen molar-refractivity contribution < 1.29 is 9.90 Å². The van der Waals surface area contributed by atoms with E-state index in [0.29, 0.717) is 6.42 Å². The number of piperidine rings is 1. The zero-order valence-corrected chi connectivity index (χ0v) is 17.9. The van der Waals surface area contributed by atoms with Gasteiger partial charge in [0.25, 0.3) is 0 Å². The van der Waals surface area contributed by atoms with E-state index in [1.54, 1.807) is 0 Å². The SMILES string of the molecule is CCC(CN(C)SC1CC1)N1C(=O)C(CCO)CCC1c1ccc(Cl)cc1. The standard InChI is InChI=1S/C21H31ClN2O2S/c1-3-18(14-23(2)27-19-9-10-19)24-20(15-4-7-17(22)8-5-15)11-6-16(12-13-25)21(24)26/h4-5,7-8,16,18-20,25H,3,6,9-14H2,1-2H3. The molecule has 6 heteroatoms. The van der Waals surface area contributed by atoms with Crippen molar-refractivity contribution in [2.24, 2.45) is 5.92 Å². The van der Waals surface area contributed by atoms with Crippen LogP contribution < -0.4 is 0 Å². The molecule has 3 rings (SSSR count). The number of rotatable bonds is 9. The zero-order valence-electron chi connectivity index (χ0n) is 16.3. The summed E-state index contributed by atoms with van der Waals surface area (Å²) < 4.78 is 2.31. The Kier molecular flexibility index (Phi) is 7.49. The van der Waals surface area contributed by atoms with Crippen LogP contribution in [0.5, 0.6) is 0 Å². The molecule has 2 fully saturated rings. The van der Waals surface area contributed by atoms with E-state index in [0.717, 1.165) is 41.6 Å². The molecule has 0 aromatic heterocycles. The number of aliphatic hydroxyl groups excluding tert-OH is 1. The maximum Gasteiger partial charge on any atom is 0.226 e. The average Bonchev–Trinajstić information content (AvgIpc) is 3.46. The lowest BCUT2D eigenvalue weighted by molar-refractivity contribution is -0.146. The van der Waals surface area contributed by atoms with Gasteiger partial charge in [-0.3, -0.25) is 9.10 Å². The van der Waals surface area contributed by atoms with E-state index >= 15 is 0 Å². The Labute approximate surface area is 172 Å². The summed E-state index contributed by atoms with van der Waals surface area (Å²) in [5, 5.41) is 10.9. The van der Waals surface area contributed by atoms with Gasteiger partial charge in [0.1, 0.15) is 0 Å². The van der Waals surface area contributed by atoms with Gasteiger partial charge in [-0.1, -0.05) is 42.6 Å². The Morgan fingerprint density at radius 1 is 1.26 bits per heavy atom. The van der Waals surface area contributed by atoms with Crippen molar-refractivity contribution in [3.05, 3.63) is 34.9 Å². The zero-order chi connectivity index (χ0) is 19.4. The quantitative estimate of drug-likeness (QED) is 0.607. The number of benzene rings is 1. The molecule has 3 atom stereocenters. The third kappa shape index (κ3) is 5.41. The number of carbonyl (C=O) groups is 1. The van der Waals surface area contributed by atoms with Crippen molar-refractivity contribution in [2.45, 2.75) is 62.8 Å². The van der Waals surface area contributed by atoms with Gasteiger partial charge in [-0.25, -0.2) is 0 Å². The Bertz CT molecular complexity index is 623. The number of likely N-dealkylation sites (N-methyl/N-ethyl adjacent to an activating group) is 1. The van der Waals surface area contributed by atoms with Crippen LogP contribution in [0.3, 0.4) is 0 Å². The van der Waals surface area contributed by atoms with E-state index in [-0.39, 0.29) is 30.5 Å². The normalized spacial score (nSPS) is 24.5. The second-order valence-electron chi connectivity index (χ2n) is 7.78. The fourth-order valence-corrected chi connectivity index (χ4v) is 5.28. The fraction of sp³-hybridized carbons (Fsp3) is 0.667. The van der Waals surface area contributed by atoms with Crippen LogP contribution in [-0.2, 0) is 4.79 Å². The molecular weight excluding hydrogens is 380 g/mol. The highest BCUT2D eigenvalue weighted by molar-refractivity contribution is 7.97. The minimum Gasteiger partial charge on any atom is -0.396 e. The lowest BCUT2D eigenvalue weighted by Crippen LogP contribution is -2.51. The molecule has 2 aliphatic rings. The first kappa shape index (κ1) is 21.0. The molecule has 0 bridgehead atoms. The molecule has 0 spiro atoms. The second kappa shape index (κ2) is 9.64. The lowest BCUT2D eigenvalue weighted by atomic mass is 9.85. The average molecular weight is 411 g/mol. The summed E-state index contributed by atoms with van der Waals surface area (Å²) in [7, 11) is 2.14. The van der Waals surface area contributed by atoms with Crippen LogP contribution in [0.15, 0.2) is 24.3 Å². The maximum absolute atomic E-state index is 13.3. The Balaban J connectivity index is 1.81. The van der Waals surface area contributed by atoms with Gasteiger partial charge in [-0.05, 0) is 63.3 Å². The molecule has 4 nitrogen and oxygen atoms in total. The van der Waals surface area contributed by atoms with Crippen molar-refractivity contribution in [2.75, 3.05) is 20.2 Å². The van der Waals surface area contributed by atoms with Crippen molar-refractivity contribution in [3.63, 3.8) is 0 Å². The number of nitrogens with zero attached hydrogens (tertiary/aromatic N) is 2. The van der Waals surface area contributed by atoms with E-state index in [4.69, 9.17) is 11.6 Å². The van der Waals surface area contributed by atoms with Gasteiger partial charge >= 0.3 is 0 Å². The van der Waals surface area contributed by atoms with Gasteiger partial charge in [0.05, 0.1) is 6.04 Å². The van der Waals surface area contributed by atoms with Crippen molar-refractivity contribution in [1.82, 2.24) is 9.21 Å². The van der Waals surface area contributed by atoms with Crippen LogP contribution in [-0.4, -0.2) is 51.7 Å². The molecule has 1 aliphatic carbocycles. The number of likely N-dealkylation sites (tertiary alicyclic amines) is 1. The van der Waals surface area contributed by atoms with Gasteiger partial charge < -0.3 is 10.0 Å². The molecule has 1 saturated heterocycles. The van der Waals surface area contributed by atoms with Gasteiger partial charge in [-0.2, -0.15) is 0 Å². The second-order valence-corrected chi connectivity index (χ2v) is 9.71. The lowest BCUT2D eigenvalue weighted by Gasteiger charge is -2.45. The van der Waals surface area contributed by atoms with Crippen molar-refractivity contribution in [1.29, 1.82) is 0 Å². The van der Waals surface area contributed by atoms with Crippen LogP contribution >= 0.6 is 23.5 Å². The predicted molar refractivity (Wildman–Crippen MR) is 113 cm³/mol. The summed E-state index contributed by atoms with van der Waals surface area (Å²) in [6, 6.07) is 8.19. The third-order valence-electron chi connectivity index (χ3n) is 5.65. The molecule has 1 aromatic rings. The summed E-state index contributed by atoms with van der Waals surface area (Å²) in [6.07, 6.45) is 5.88. The topological polar surface area (TPSA) is 43.8 Å². The van der Waals surface area contributed by atoms with E-state index in [1.165, 1.54) is 12.8 Å². The number of halogens is 1. The predicted octanol–water partition coefficient (Wildman–Crippen LogP) is 4.52. The minimum atomic E-state index is -0.0611. The van der Waals surface area contributed by atoms with Crippen LogP contribution in [0.2, 0.25) is 5.02 Å². The first-order chi connectivity index (χ1) is 13.0. The van der Waals surface area contributed by atoms with Gasteiger partial charge in [0, 0.05) is 35.4 Å². The highest BCUT2D eigenvalue weighted by Crippen LogP contribution is 2.39. The smallest absolute Gasteiger partial charge is 0.226 e. The Morgan fingerprint density at radius 3 is 2.56 bits per heavy atom. The number of amides is 1. The maximum atomic E-state index is 13.3. The monoisotopic (exact) mass is 410 g/mol. The molecule has 0 radical (unpaired) electrons. The molecule has 3 unspecified atom stereocenters. The van der Waals surface area contributed by atoms with Gasteiger partial charge in [0.15, 0.2) is 0 Å². The van der Waals surface area contributed by atoms with Crippen molar-refractivity contribution in [3.8, 4) is 0 Å². The number of hydrogen-bond acceptors (Lipinski definition) is 4. The summed E-state index contributed by atoms with van der Waals surface area (Å²) in [4.78, 5) is 15.5. The minimum absolute atomic E-state index is 0.0611. The van der Waals surface area contributed by atoms with Crippen LogP contribution in [0, 0.1) is 5.92 Å². The Hall–Kier alpha value is -0.750. The summed E-state index contributed by atoms with van der Waals surface area (Å²) in [6.45, 7) is 3.12. The van der Waals surface area contributed by atoms with E-state index in [1.807, 2.05) is 24.1 Å². The number of hydrogen-bond donors (Lipinski definition) is 1. The largest absolute Gasteiger partial charge is 0.396 e. The van der Waals surface area contributed by atoms with E-state index < -0.39 is 0 Å². The highest BCUT2D eigenvalue weighted by atomic mass is 35.5. The number of aliphatic hydroxyl groups is 1. The van der Waals surface area contributed by atoms with Crippen LogP contribution in [0.1, 0.15) is 57.1 Å². The summed E-state index contributed by atoms with van der Waals surface area (Å²) >= 11 is 8.00. The summed E-state index contributed by atoms with van der Waals surface area (Å²) in [5.74, 6) is 0.140. The van der Waals surface area contributed by atoms with E-state index in [2.05, 4.69) is 35.3 Å². The molecule has 27 heavy (non-hydrogen) atoms. The highest BCUT2D eigenvalue weighted by Gasteiger charge is 2.39. The molecule has 1 heterocycles. The summed E-state index contributed by atoms with van der Waals surface area (Å²) in [5.41, 5.74) is 1.16. The molecule has 1 saturated carbocycles. The molecule has 1 aromatic carbocycles. The van der Waals surface area contributed by atoms with Crippen LogP contribution in [0.4, 0.5) is 0 Å². The first-order valence-electron chi connectivity index (χ1n) is 10.1. The Morgan fingerprint density at radius 2 is 1.96 bits per heavy atom. The molecule has 1 N–H and O–H groups in total. The molecular formula is C21H31ClN2O2S. The van der Waals surface area contributed by atoms with Gasteiger partial charge in [0.2, 0.25) is 5.91 Å². The first-order valence-corrected chi connectivity index (χ1v) is 11.3. The molecule has 1 aliphatic heterocycles. The van der Waals surface area contributed by atoms with Gasteiger partial charge in [-0.15, -0.1) is 0 Å².